The Morgan fingerprint density at radius 3 is 2.77 bits per heavy atom. The van der Waals surface area contributed by atoms with E-state index in [0.29, 0.717) is 29.0 Å². The van der Waals surface area contributed by atoms with Gasteiger partial charge in [0.2, 0.25) is 5.91 Å². The number of carbonyl (C=O) groups excluding carboxylic acids is 1. The molecule has 110 valence electrons. The minimum Gasteiger partial charge on any atom is -0.311 e. The van der Waals surface area contributed by atoms with Crippen LogP contribution in [-0.4, -0.2) is 20.9 Å². The Hall–Kier alpha value is -3.02. The lowest BCUT2D eigenvalue weighted by atomic mass is 10.2. The summed E-state index contributed by atoms with van der Waals surface area (Å²) >= 11 is 0. The third-order valence-corrected chi connectivity index (χ3v) is 3.18. The molecule has 2 heterocycles. The van der Waals surface area contributed by atoms with Gasteiger partial charge in [0.05, 0.1) is 10.9 Å². The zero-order valence-electron chi connectivity index (χ0n) is 11.7. The topological polar surface area (TPSA) is 87.7 Å². The van der Waals surface area contributed by atoms with Crippen LogP contribution in [0.3, 0.4) is 0 Å². The highest BCUT2D eigenvalue weighted by Gasteiger charge is 2.07. The fraction of sp³-hybridized carbons (Fsp3) is 0.125. The van der Waals surface area contributed by atoms with Crippen LogP contribution in [0.15, 0.2) is 53.5 Å². The molecule has 0 bridgehead atoms. The molecule has 6 nitrogen and oxygen atoms in total. The number of aromatic nitrogens is 3. The maximum atomic E-state index is 11.9. The number of amides is 1. The molecule has 0 aliphatic rings. The largest absolute Gasteiger partial charge is 0.311 e. The third-order valence-electron chi connectivity index (χ3n) is 3.18. The van der Waals surface area contributed by atoms with Gasteiger partial charge in [-0.15, -0.1) is 0 Å². The Morgan fingerprint density at radius 2 is 1.95 bits per heavy atom. The normalized spacial score (nSPS) is 10.5. The molecule has 2 aromatic heterocycles. The van der Waals surface area contributed by atoms with Gasteiger partial charge in [-0.2, -0.15) is 0 Å². The van der Waals surface area contributed by atoms with Crippen LogP contribution < -0.4 is 10.9 Å². The smallest absolute Gasteiger partial charge is 0.258 e. The highest BCUT2D eigenvalue weighted by Crippen LogP contribution is 2.07. The lowest BCUT2D eigenvalue weighted by Gasteiger charge is -2.04. The number of aromatic amines is 1. The molecule has 6 heteroatoms. The van der Waals surface area contributed by atoms with Gasteiger partial charge in [-0.1, -0.05) is 18.2 Å². The number of pyridine rings is 1. The van der Waals surface area contributed by atoms with E-state index in [1.165, 1.54) is 0 Å². The molecule has 2 N–H and O–H groups in total. The molecule has 1 amide bonds. The predicted octanol–water partition coefficient (Wildman–Crippen LogP) is 1.89. The Kier molecular flexibility index (Phi) is 3.91. The first-order valence-electron chi connectivity index (χ1n) is 6.91. The van der Waals surface area contributed by atoms with Crippen molar-refractivity contribution in [3.63, 3.8) is 0 Å². The van der Waals surface area contributed by atoms with E-state index >= 15 is 0 Å². The van der Waals surface area contributed by atoms with Crippen LogP contribution in [-0.2, 0) is 11.2 Å². The molecular formula is C16H14N4O2. The zero-order valence-corrected chi connectivity index (χ0v) is 11.7. The van der Waals surface area contributed by atoms with Gasteiger partial charge in [0, 0.05) is 19.0 Å². The number of benzene rings is 1. The number of hydrogen-bond donors (Lipinski definition) is 2. The summed E-state index contributed by atoms with van der Waals surface area (Å²) in [4.78, 5) is 34.9. The maximum absolute atomic E-state index is 11.9. The summed E-state index contributed by atoms with van der Waals surface area (Å²) in [6, 6.07) is 12.4. The van der Waals surface area contributed by atoms with Crippen LogP contribution in [0.5, 0.6) is 0 Å². The number of hydrogen-bond acceptors (Lipinski definition) is 4. The monoisotopic (exact) mass is 294 g/mol. The Morgan fingerprint density at radius 1 is 1.14 bits per heavy atom. The summed E-state index contributed by atoms with van der Waals surface area (Å²) in [5.74, 6) is 0.835. The van der Waals surface area contributed by atoms with E-state index in [2.05, 4.69) is 20.3 Å². The number of nitrogens with zero attached hydrogens (tertiary/aromatic N) is 2. The average Bonchev–Trinajstić information content (AvgIpc) is 2.54. The Balaban J connectivity index is 1.69. The summed E-state index contributed by atoms with van der Waals surface area (Å²) in [6.07, 6.45) is 2.19. The van der Waals surface area contributed by atoms with E-state index in [1.807, 2.05) is 6.07 Å². The molecule has 0 aliphatic carbocycles. The van der Waals surface area contributed by atoms with Crippen molar-refractivity contribution in [3.05, 3.63) is 64.8 Å². The van der Waals surface area contributed by atoms with Crippen LogP contribution in [0.25, 0.3) is 10.9 Å². The van der Waals surface area contributed by atoms with Crippen molar-refractivity contribution in [3.8, 4) is 0 Å². The van der Waals surface area contributed by atoms with Crippen LogP contribution in [0, 0.1) is 0 Å². The lowest BCUT2D eigenvalue weighted by molar-refractivity contribution is -0.116. The van der Waals surface area contributed by atoms with Gasteiger partial charge in [-0.25, -0.2) is 9.97 Å². The molecule has 0 fully saturated rings. The molecule has 1 aromatic carbocycles. The molecule has 22 heavy (non-hydrogen) atoms. The molecular weight excluding hydrogens is 280 g/mol. The van der Waals surface area contributed by atoms with Gasteiger partial charge in [0.25, 0.3) is 5.56 Å². The molecule has 0 saturated carbocycles. The van der Waals surface area contributed by atoms with Gasteiger partial charge >= 0.3 is 0 Å². The highest BCUT2D eigenvalue weighted by molar-refractivity contribution is 5.89. The van der Waals surface area contributed by atoms with E-state index in [9.17, 15) is 9.59 Å². The molecule has 3 rings (SSSR count). The minimum absolute atomic E-state index is 0.172. The fourth-order valence-corrected chi connectivity index (χ4v) is 2.13. The summed E-state index contributed by atoms with van der Waals surface area (Å²) in [6.45, 7) is 0. The summed E-state index contributed by atoms with van der Waals surface area (Å²) in [7, 11) is 0. The molecule has 3 aromatic rings. The van der Waals surface area contributed by atoms with Gasteiger partial charge in [-0.3, -0.25) is 9.59 Å². The SMILES string of the molecule is O=C(CCc1nc2ccccc2c(=O)[nH]1)Nc1ccccn1. The number of carbonyl (C=O) groups is 1. The van der Waals surface area contributed by atoms with Crippen molar-refractivity contribution in [2.75, 3.05) is 5.32 Å². The number of aryl methyl sites for hydroxylation is 1. The van der Waals surface area contributed by atoms with Crippen molar-refractivity contribution in [2.24, 2.45) is 0 Å². The third kappa shape index (κ3) is 3.17. The average molecular weight is 294 g/mol. The molecule has 0 radical (unpaired) electrons. The summed E-state index contributed by atoms with van der Waals surface area (Å²) in [5, 5.41) is 3.24. The standard InChI is InChI=1S/C16H14N4O2/c21-15(19-13-7-3-4-10-17-13)9-8-14-18-12-6-2-1-5-11(12)16(22)20-14/h1-7,10H,8-9H2,(H,17,19,21)(H,18,20,22). The van der Waals surface area contributed by atoms with Gasteiger partial charge in [-0.05, 0) is 24.3 Å². The van der Waals surface area contributed by atoms with E-state index in [1.54, 1.807) is 42.6 Å². The fourth-order valence-electron chi connectivity index (χ4n) is 2.13. The number of nitrogens with one attached hydrogen (secondary N) is 2. The second-order valence-corrected chi connectivity index (χ2v) is 4.79. The van der Waals surface area contributed by atoms with Crippen molar-refractivity contribution < 1.29 is 4.79 Å². The van der Waals surface area contributed by atoms with Crippen LogP contribution in [0.1, 0.15) is 12.2 Å². The van der Waals surface area contributed by atoms with E-state index in [0.717, 1.165) is 0 Å². The zero-order chi connectivity index (χ0) is 15.4. The Bertz CT molecular complexity index is 859. The first-order valence-corrected chi connectivity index (χ1v) is 6.91. The van der Waals surface area contributed by atoms with Gasteiger partial charge < -0.3 is 10.3 Å². The van der Waals surface area contributed by atoms with Crippen molar-refractivity contribution in [2.45, 2.75) is 12.8 Å². The van der Waals surface area contributed by atoms with Crippen LogP contribution in [0.2, 0.25) is 0 Å². The van der Waals surface area contributed by atoms with Gasteiger partial charge in [0.1, 0.15) is 11.6 Å². The van der Waals surface area contributed by atoms with Crippen LogP contribution in [0.4, 0.5) is 5.82 Å². The second kappa shape index (κ2) is 6.17. The quantitative estimate of drug-likeness (QED) is 0.769. The molecule has 0 spiro atoms. The number of fused-ring (bicyclic) bond motifs is 1. The van der Waals surface area contributed by atoms with E-state index < -0.39 is 0 Å². The lowest BCUT2D eigenvalue weighted by Crippen LogP contribution is -2.16. The number of rotatable bonds is 4. The Labute approximate surface area is 126 Å². The van der Waals surface area contributed by atoms with Crippen molar-refractivity contribution in [1.82, 2.24) is 15.0 Å². The first kappa shape index (κ1) is 13.9. The summed E-state index contributed by atoms with van der Waals surface area (Å²) < 4.78 is 0. The molecule has 0 aliphatic heterocycles. The highest BCUT2D eigenvalue weighted by atomic mass is 16.1. The van der Waals surface area contributed by atoms with Crippen LogP contribution >= 0.6 is 0 Å². The van der Waals surface area contributed by atoms with Crippen molar-refractivity contribution in [1.29, 1.82) is 0 Å². The number of anilines is 1. The maximum Gasteiger partial charge on any atom is 0.258 e. The van der Waals surface area contributed by atoms with E-state index in [-0.39, 0.29) is 17.9 Å². The molecule has 0 atom stereocenters. The molecule has 0 unspecified atom stereocenters. The minimum atomic E-state index is -0.189. The number of H-pyrrole nitrogens is 1. The van der Waals surface area contributed by atoms with Crippen molar-refractivity contribution >= 4 is 22.6 Å². The molecule has 0 saturated heterocycles. The van der Waals surface area contributed by atoms with E-state index in [4.69, 9.17) is 0 Å². The summed E-state index contributed by atoms with van der Waals surface area (Å²) in [5.41, 5.74) is 0.442. The van der Waals surface area contributed by atoms with Gasteiger partial charge in [0.15, 0.2) is 0 Å². The number of para-hydroxylation sites is 1. The second-order valence-electron chi connectivity index (χ2n) is 4.79. The first-order chi connectivity index (χ1) is 10.7. The predicted molar refractivity (Wildman–Crippen MR) is 83.6 cm³/mol.